The van der Waals surface area contributed by atoms with E-state index in [0.29, 0.717) is 6.61 Å². The number of aromatic nitrogens is 2. The molecular formula is C11H21N3O. The van der Waals surface area contributed by atoms with E-state index in [2.05, 4.69) is 11.9 Å². The van der Waals surface area contributed by atoms with E-state index in [1.807, 2.05) is 31.5 Å². The molecule has 2 N–H and O–H groups in total. The summed E-state index contributed by atoms with van der Waals surface area (Å²) in [6, 6.07) is -0.201. The number of ether oxygens (including phenoxy) is 1. The molecule has 0 radical (unpaired) electrons. The van der Waals surface area contributed by atoms with Crippen LogP contribution in [0.1, 0.15) is 39.6 Å². The van der Waals surface area contributed by atoms with E-state index in [9.17, 15) is 0 Å². The lowest BCUT2D eigenvalue weighted by molar-refractivity contribution is -0.0323. The third-order valence-corrected chi connectivity index (χ3v) is 2.63. The van der Waals surface area contributed by atoms with Crippen molar-refractivity contribution in [1.82, 2.24) is 9.55 Å². The molecule has 0 saturated carbocycles. The molecule has 0 saturated heterocycles. The Hall–Kier alpha value is -0.870. The third-order valence-electron chi connectivity index (χ3n) is 2.63. The molecule has 1 unspecified atom stereocenters. The molecule has 4 heteroatoms. The summed E-state index contributed by atoms with van der Waals surface area (Å²) in [5.74, 6) is 0.885. The van der Waals surface area contributed by atoms with Crippen molar-refractivity contribution in [2.24, 2.45) is 5.73 Å². The highest BCUT2D eigenvalue weighted by Crippen LogP contribution is 2.25. The van der Waals surface area contributed by atoms with Crippen LogP contribution in [-0.2, 0) is 11.3 Å². The molecule has 1 aromatic rings. The van der Waals surface area contributed by atoms with Crippen molar-refractivity contribution in [3.8, 4) is 0 Å². The zero-order valence-electron chi connectivity index (χ0n) is 10.0. The second kappa shape index (κ2) is 4.77. The lowest BCUT2D eigenvalue weighted by atomic mass is 9.98. The quantitative estimate of drug-likeness (QED) is 0.806. The number of nitrogens with two attached hydrogens (primary N) is 1. The number of hydrogen-bond acceptors (Lipinski definition) is 3. The predicted octanol–water partition coefficient (Wildman–Crippen LogP) is 1.72. The van der Waals surface area contributed by atoms with Crippen LogP contribution in [0.3, 0.4) is 0 Å². The Morgan fingerprint density at radius 2 is 2.20 bits per heavy atom. The summed E-state index contributed by atoms with van der Waals surface area (Å²) in [7, 11) is 0. The Bertz CT molecular complexity index is 307. The van der Waals surface area contributed by atoms with Crippen molar-refractivity contribution < 1.29 is 4.74 Å². The lowest BCUT2D eigenvalue weighted by Gasteiger charge is -2.31. The molecule has 4 nitrogen and oxygen atoms in total. The van der Waals surface area contributed by atoms with Gasteiger partial charge in [-0.05, 0) is 27.7 Å². The third kappa shape index (κ3) is 2.58. The van der Waals surface area contributed by atoms with Gasteiger partial charge in [-0.2, -0.15) is 0 Å². The standard InChI is InChI=1S/C11H21N3O/c1-5-14-8-7-13-10(14)9(12)11(3,4)15-6-2/h7-9H,5-6,12H2,1-4H3. The maximum Gasteiger partial charge on any atom is 0.128 e. The Morgan fingerprint density at radius 3 is 2.73 bits per heavy atom. The molecule has 0 aliphatic heterocycles. The van der Waals surface area contributed by atoms with Crippen LogP contribution in [0.2, 0.25) is 0 Å². The van der Waals surface area contributed by atoms with Crippen molar-refractivity contribution in [1.29, 1.82) is 0 Å². The molecule has 86 valence electrons. The number of imidazole rings is 1. The fourth-order valence-corrected chi connectivity index (χ4v) is 1.64. The lowest BCUT2D eigenvalue weighted by Crippen LogP contribution is -2.39. The zero-order valence-corrected chi connectivity index (χ0v) is 10.0. The fraction of sp³-hybridized carbons (Fsp3) is 0.727. The highest BCUT2D eigenvalue weighted by Gasteiger charge is 2.30. The fourth-order valence-electron chi connectivity index (χ4n) is 1.64. The molecule has 0 aliphatic carbocycles. The van der Waals surface area contributed by atoms with Crippen LogP contribution in [-0.4, -0.2) is 21.8 Å². The van der Waals surface area contributed by atoms with Crippen molar-refractivity contribution in [2.45, 2.75) is 45.9 Å². The molecular weight excluding hydrogens is 190 g/mol. The Labute approximate surface area is 91.4 Å². The summed E-state index contributed by atoms with van der Waals surface area (Å²) in [5, 5.41) is 0. The minimum absolute atomic E-state index is 0.201. The van der Waals surface area contributed by atoms with Crippen molar-refractivity contribution in [2.75, 3.05) is 6.61 Å². The molecule has 1 heterocycles. The molecule has 0 aliphatic rings. The maximum atomic E-state index is 6.17. The number of nitrogens with zero attached hydrogens (tertiary/aromatic N) is 2. The number of aryl methyl sites for hydroxylation is 1. The summed E-state index contributed by atoms with van der Waals surface area (Å²) in [5.41, 5.74) is 5.79. The smallest absolute Gasteiger partial charge is 0.128 e. The maximum absolute atomic E-state index is 6.17. The first kappa shape index (κ1) is 12.2. The minimum Gasteiger partial charge on any atom is -0.374 e. The average Bonchev–Trinajstić information content (AvgIpc) is 2.63. The van der Waals surface area contributed by atoms with Crippen LogP contribution in [0.25, 0.3) is 0 Å². The van der Waals surface area contributed by atoms with Crippen LogP contribution >= 0.6 is 0 Å². The predicted molar refractivity (Wildman–Crippen MR) is 60.5 cm³/mol. The molecule has 0 spiro atoms. The largest absolute Gasteiger partial charge is 0.374 e. The SMILES string of the molecule is CCOC(C)(C)C(N)c1nccn1CC. The Morgan fingerprint density at radius 1 is 1.53 bits per heavy atom. The van der Waals surface area contributed by atoms with E-state index in [1.54, 1.807) is 6.20 Å². The van der Waals surface area contributed by atoms with Gasteiger partial charge in [0.1, 0.15) is 5.82 Å². The highest BCUT2D eigenvalue weighted by molar-refractivity contribution is 5.04. The summed E-state index contributed by atoms with van der Waals surface area (Å²) in [6.45, 7) is 9.58. The molecule has 15 heavy (non-hydrogen) atoms. The van der Waals surface area contributed by atoms with Crippen LogP contribution in [0, 0.1) is 0 Å². The van der Waals surface area contributed by atoms with Gasteiger partial charge in [0.25, 0.3) is 0 Å². The topological polar surface area (TPSA) is 53.1 Å². The molecule has 0 bridgehead atoms. The Balaban J connectivity index is 2.88. The van der Waals surface area contributed by atoms with E-state index >= 15 is 0 Å². The normalized spacial score (nSPS) is 14.2. The van der Waals surface area contributed by atoms with Gasteiger partial charge in [-0.3, -0.25) is 0 Å². The minimum atomic E-state index is -0.382. The van der Waals surface area contributed by atoms with Crippen molar-refractivity contribution >= 4 is 0 Å². The van der Waals surface area contributed by atoms with Gasteiger partial charge in [-0.1, -0.05) is 0 Å². The molecule has 1 aromatic heterocycles. The van der Waals surface area contributed by atoms with Crippen LogP contribution < -0.4 is 5.73 Å². The van der Waals surface area contributed by atoms with E-state index in [4.69, 9.17) is 10.5 Å². The van der Waals surface area contributed by atoms with Gasteiger partial charge in [0, 0.05) is 25.5 Å². The van der Waals surface area contributed by atoms with E-state index in [1.165, 1.54) is 0 Å². The van der Waals surface area contributed by atoms with Gasteiger partial charge in [-0.15, -0.1) is 0 Å². The number of hydrogen-bond donors (Lipinski definition) is 1. The van der Waals surface area contributed by atoms with E-state index in [0.717, 1.165) is 12.4 Å². The van der Waals surface area contributed by atoms with Crippen LogP contribution in [0.15, 0.2) is 12.4 Å². The highest BCUT2D eigenvalue weighted by atomic mass is 16.5. The summed E-state index contributed by atoms with van der Waals surface area (Å²) < 4.78 is 7.68. The van der Waals surface area contributed by atoms with Gasteiger partial charge < -0.3 is 15.0 Å². The first-order valence-electron chi connectivity index (χ1n) is 5.43. The second-order valence-electron chi connectivity index (χ2n) is 4.09. The van der Waals surface area contributed by atoms with Gasteiger partial charge >= 0.3 is 0 Å². The summed E-state index contributed by atoms with van der Waals surface area (Å²) >= 11 is 0. The number of rotatable bonds is 5. The second-order valence-corrected chi connectivity index (χ2v) is 4.09. The molecule has 0 aromatic carbocycles. The molecule has 0 fully saturated rings. The van der Waals surface area contributed by atoms with Crippen molar-refractivity contribution in [3.63, 3.8) is 0 Å². The molecule has 1 rings (SSSR count). The zero-order chi connectivity index (χ0) is 11.5. The Kier molecular flexibility index (Phi) is 3.88. The van der Waals surface area contributed by atoms with Gasteiger partial charge in [0.15, 0.2) is 0 Å². The van der Waals surface area contributed by atoms with Crippen LogP contribution in [0.4, 0.5) is 0 Å². The van der Waals surface area contributed by atoms with Gasteiger partial charge in [0.05, 0.1) is 11.6 Å². The summed E-state index contributed by atoms with van der Waals surface area (Å²) in [4.78, 5) is 4.29. The van der Waals surface area contributed by atoms with Gasteiger partial charge in [-0.25, -0.2) is 4.98 Å². The first-order valence-corrected chi connectivity index (χ1v) is 5.43. The monoisotopic (exact) mass is 211 g/mol. The first-order chi connectivity index (χ1) is 7.03. The molecule has 1 atom stereocenters. The van der Waals surface area contributed by atoms with Gasteiger partial charge in [0.2, 0.25) is 0 Å². The van der Waals surface area contributed by atoms with Crippen molar-refractivity contribution in [3.05, 3.63) is 18.2 Å². The average molecular weight is 211 g/mol. The summed E-state index contributed by atoms with van der Waals surface area (Å²) in [6.07, 6.45) is 3.72. The van der Waals surface area contributed by atoms with E-state index in [-0.39, 0.29) is 11.6 Å². The van der Waals surface area contributed by atoms with Crippen LogP contribution in [0.5, 0.6) is 0 Å². The van der Waals surface area contributed by atoms with E-state index < -0.39 is 0 Å². The molecule has 0 amide bonds.